The third kappa shape index (κ3) is 3.54. The van der Waals surface area contributed by atoms with E-state index in [2.05, 4.69) is 43.4 Å². The number of hydrogen-bond acceptors (Lipinski definition) is 2. The maximum Gasteiger partial charge on any atom is 0.122 e. The molecule has 20 heavy (non-hydrogen) atoms. The number of methoxy groups -OCH3 is 1. The lowest BCUT2D eigenvalue weighted by Gasteiger charge is -2.39. The van der Waals surface area contributed by atoms with Gasteiger partial charge in [-0.2, -0.15) is 0 Å². The Bertz CT molecular complexity index is 408. The summed E-state index contributed by atoms with van der Waals surface area (Å²) < 4.78 is 5.62. The Balaban J connectivity index is 2.21. The van der Waals surface area contributed by atoms with Crippen molar-refractivity contribution in [2.75, 3.05) is 20.2 Å². The molecule has 0 unspecified atom stereocenters. The highest BCUT2D eigenvalue weighted by atomic mass is 16.5. The van der Waals surface area contributed by atoms with Crippen LogP contribution in [0.5, 0.6) is 5.75 Å². The fraction of sp³-hybridized carbons (Fsp3) is 0.667. The van der Waals surface area contributed by atoms with Gasteiger partial charge in [0.1, 0.15) is 5.75 Å². The van der Waals surface area contributed by atoms with E-state index in [1.807, 2.05) is 0 Å². The van der Waals surface area contributed by atoms with E-state index in [1.54, 1.807) is 7.11 Å². The van der Waals surface area contributed by atoms with Crippen molar-refractivity contribution < 1.29 is 4.74 Å². The summed E-state index contributed by atoms with van der Waals surface area (Å²) in [6.45, 7) is 6.70. The van der Waals surface area contributed by atoms with E-state index in [4.69, 9.17) is 4.74 Å². The quantitative estimate of drug-likeness (QED) is 0.842. The van der Waals surface area contributed by atoms with Gasteiger partial charge in [0.25, 0.3) is 0 Å². The second-order valence-corrected chi connectivity index (χ2v) is 6.57. The van der Waals surface area contributed by atoms with Crippen LogP contribution >= 0.6 is 0 Å². The first-order valence-corrected chi connectivity index (χ1v) is 8.02. The highest BCUT2D eigenvalue weighted by molar-refractivity contribution is 5.40. The van der Waals surface area contributed by atoms with Gasteiger partial charge >= 0.3 is 0 Å². The molecule has 0 amide bonds. The number of nitrogens with one attached hydrogen (secondary N) is 1. The summed E-state index contributed by atoms with van der Waals surface area (Å²) in [4.78, 5) is 0. The largest absolute Gasteiger partial charge is 0.496 e. The Labute approximate surface area is 123 Å². The molecule has 0 heterocycles. The molecule has 1 N–H and O–H groups in total. The minimum atomic E-state index is 0.264. The molecule has 1 saturated carbocycles. The summed E-state index contributed by atoms with van der Waals surface area (Å²) in [5.74, 6) is 1.76. The van der Waals surface area contributed by atoms with Gasteiger partial charge in [0.15, 0.2) is 0 Å². The summed E-state index contributed by atoms with van der Waals surface area (Å²) >= 11 is 0. The van der Waals surface area contributed by atoms with E-state index in [9.17, 15) is 0 Å². The van der Waals surface area contributed by atoms with Crippen molar-refractivity contribution in [2.45, 2.75) is 51.4 Å². The van der Waals surface area contributed by atoms with E-state index in [-0.39, 0.29) is 5.41 Å². The molecule has 0 aliphatic heterocycles. The maximum absolute atomic E-state index is 5.62. The molecule has 2 rings (SSSR count). The first-order chi connectivity index (χ1) is 9.68. The van der Waals surface area contributed by atoms with Crippen LogP contribution in [0.3, 0.4) is 0 Å². The molecule has 2 nitrogen and oxygen atoms in total. The third-order valence-corrected chi connectivity index (χ3v) is 4.50. The van der Waals surface area contributed by atoms with Crippen molar-refractivity contribution in [3.63, 3.8) is 0 Å². The number of rotatable bonds is 6. The zero-order valence-corrected chi connectivity index (χ0v) is 13.2. The van der Waals surface area contributed by atoms with E-state index < -0.39 is 0 Å². The molecule has 0 atom stereocenters. The van der Waals surface area contributed by atoms with Gasteiger partial charge in [-0.05, 0) is 31.4 Å². The second kappa shape index (κ2) is 7.12. The number of benzene rings is 1. The van der Waals surface area contributed by atoms with Crippen LogP contribution in [0.15, 0.2) is 24.3 Å². The van der Waals surface area contributed by atoms with E-state index >= 15 is 0 Å². The van der Waals surface area contributed by atoms with E-state index in [0.29, 0.717) is 5.92 Å². The van der Waals surface area contributed by atoms with Gasteiger partial charge in [0.05, 0.1) is 7.11 Å². The van der Waals surface area contributed by atoms with Crippen LogP contribution in [0, 0.1) is 5.92 Å². The molecule has 112 valence electrons. The zero-order chi connectivity index (χ0) is 14.4. The molecule has 0 spiro atoms. The average molecular weight is 275 g/mol. The topological polar surface area (TPSA) is 21.3 Å². The summed E-state index contributed by atoms with van der Waals surface area (Å²) in [7, 11) is 1.79. The summed E-state index contributed by atoms with van der Waals surface area (Å²) in [5.41, 5.74) is 1.66. The standard InChI is InChI=1S/C18H29NO/c1-15(2)13-19-14-18(11-7-4-8-12-18)16-9-5-6-10-17(16)20-3/h5-6,9-10,15,19H,4,7-8,11-14H2,1-3H3. The lowest BCUT2D eigenvalue weighted by Crippen LogP contribution is -2.41. The van der Waals surface area contributed by atoms with Crippen molar-refractivity contribution in [3.05, 3.63) is 29.8 Å². The van der Waals surface area contributed by atoms with Gasteiger partial charge in [-0.3, -0.25) is 0 Å². The molecule has 0 radical (unpaired) electrons. The summed E-state index contributed by atoms with van der Waals surface area (Å²) in [6.07, 6.45) is 6.60. The molecule has 1 fully saturated rings. The van der Waals surface area contributed by atoms with Gasteiger partial charge in [0.2, 0.25) is 0 Å². The Morgan fingerprint density at radius 2 is 1.85 bits per heavy atom. The van der Waals surface area contributed by atoms with Crippen molar-refractivity contribution in [3.8, 4) is 5.75 Å². The van der Waals surface area contributed by atoms with Crippen molar-refractivity contribution in [1.82, 2.24) is 5.32 Å². The molecule has 1 aliphatic rings. The SMILES string of the molecule is COc1ccccc1C1(CNCC(C)C)CCCCC1. The van der Waals surface area contributed by atoms with Crippen LogP contribution in [0.1, 0.15) is 51.5 Å². The van der Waals surface area contributed by atoms with E-state index in [0.717, 1.165) is 18.8 Å². The molecule has 0 bridgehead atoms. The summed E-state index contributed by atoms with van der Waals surface area (Å²) in [6, 6.07) is 8.59. The molecular formula is C18H29NO. The Kier molecular flexibility index (Phi) is 5.47. The second-order valence-electron chi connectivity index (χ2n) is 6.57. The number of para-hydroxylation sites is 1. The van der Waals surface area contributed by atoms with Gasteiger partial charge in [-0.15, -0.1) is 0 Å². The fourth-order valence-corrected chi connectivity index (χ4v) is 3.45. The number of hydrogen-bond donors (Lipinski definition) is 1. The summed E-state index contributed by atoms with van der Waals surface area (Å²) in [5, 5.41) is 3.69. The average Bonchev–Trinajstić information content (AvgIpc) is 2.48. The minimum Gasteiger partial charge on any atom is -0.496 e. The van der Waals surface area contributed by atoms with Gasteiger partial charge < -0.3 is 10.1 Å². The highest BCUT2D eigenvalue weighted by Gasteiger charge is 2.35. The van der Waals surface area contributed by atoms with Crippen LogP contribution in [-0.4, -0.2) is 20.2 Å². The first-order valence-electron chi connectivity index (χ1n) is 8.02. The zero-order valence-electron chi connectivity index (χ0n) is 13.2. The molecular weight excluding hydrogens is 246 g/mol. The number of ether oxygens (including phenoxy) is 1. The Morgan fingerprint density at radius 1 is 1.15 bits per heavy atom. The fourth-order valence-electron chi connectivity index (χ4n) is 3.45. The molecule has 0 aromatic heterocycles. The predicted molar refractivity (Wildman–Crippen MR) is 85.5 cm³/mol. The Morgan fingerprint density at radius 3 is 2.50 bits per heavy atom. The van der Waals surface area contributed by atoms with Crippen LogP contribution in [0.25, 0.3) is 0 Å². The first kappa shape index (κ1) is 15.4. The molecule has 1 aromatic rings. The van der Waals surface area contributed by atoms with Crippen molar-refractivity contribution in [2.24, 2.45) is 5.92 Å². The molecule has 0 saturated heterocycles. The molecule has 1 aliphatic carbocycles. The van der Waals surface area contributed by atoms with Gasteiger partial charge in [-0.1, -0.05) is 51.3 Å². The lowest BCUT2D eigenvalue weighted by atomic mass is 9.69. The normalized spacial score (nSPS) is 18.2. The van der Waals surface area contributed by atoms with Crippen LogP contribution in [0.2, 0.25) is 0 Å². The van der Waals surface area contributed by atoms with Gasteiger partial charge in [-0.25, -0.2) is 0 Å². The van der Waals surface area contributed by atoms with Crippen molar-refractivity contribution >= 4 is 0 Å². The van der Waals surface area contributed by atoms with E-state index in [1.165, 1.54) is 37.7 Å². The Hall–Kier alpha value is -1.02. The minimum absolute atomic E-state index is 0.264. The highest BCUT2D eigenvalue weighted by Crippen LogP contribution is 2.42. The molecule has 1 aromatic carbocycles. The monoisotopic (exact) mass is 275 g/mol. The van der Waals surface area contributed by atoms with Crippen LogP contribution in [0.4, 0.5) is 0 Å². The van der Waals surface area contributed by atoms with Gasteiger partial charge in [0, 0.05) is 17.5 Å². The maximum atomic E-state index is 5.62. The smallest absolute Gasteiger partial charge is 0.122 e. The van der Waals surface area contributed by atoms with Crippen LogP contribution in [-0.2, 0) is 5.41 Å². The van der Waals surface area contributed by atoms with Crippen molar-refractivity contribution in [1.29, 1.82) is 0 Å². The predicted octanol–water partition coefficient (Wildman–Crippen LogP) is 4.14. The van der Waals surface area contributed by atoms with Crippen LogP contribution < -0.4 is 10.1 Å². The lowest BCUT2D eigenvalue weighted by molar-refractivity contribution is 0.266. The molecule has 2 heteroatoms. The third-order valence-electron chi connectivity index (χ3n) is 4.50.